The number of amides is 2. The monoisotopic (exact) mass is 553 g/mol. The molecule has 0 aliphatic carbocycles. The van der Waals surface area contributed by atoms with E-state index in [-0.39, 0.29) is 18.4 Å². The third kappa shape index (κ3) is 8.02. The van der Waals surface area contributed by atoms with Crippen molar-refractivity contribution >= 4 is 43.5 Å². The van der Waals surface area contributed by atoms with Crippen LogP contribution >= 0.6 is 15.9 Å². The van der Waals surface area contributed by atoms with Crippen molar-refractivity contribution in [3.63, 3.8) is 0 Å². The lowest BCUT2D eigenvalue weighted by Crippen LogP contribution is -2.51. The second-order valence-electron chi connectivity index (χ2n) is 8.43. The number of nitrogens with one attached hydrogen (secondary N) is 1. The van der Waals surface area contributed by atoms with Crippen LogP contribution in [0.25, 0.3) is 0 Å². The maximum Gasteiger partial charge on any atom is 0.244 e. The number of benzene rings is 2. The number of hydrogen-bond donors (Lipinski definition) is 1. The molecule has 0 fully saturated rings. The van der Waals surface area contributed by atoms with Gasteiger partial charge in [-0.2, -0.15) is 0 Å². The van der Waals surface area contributed by atoms with Gasteiger partial charge in [-0.15, -0.1) is 0 Å². The van der Waals surface area contributed by atoms with E-state index in [0.717, 1.165) is 20.6 Å². The molecule has 0 heterocycles. The molecule has 2 aromatic carbocycles. The van der Waals surface area contributed by atoms with E-state index >= 15 is 0 Å². The van der Waals surface area contributed by atoms with Gasteiger partial charge < -0.3 is 15.0 Å². The van der Waals surface area contributed by atoms with Gasteiger partial charge in [0.1, 0.15) is 18.3 Å². The van der Waals surface area contributed by atoms with E-state index in [1.54, 1.807) is 31.2 Å². The summed E-state index contributed by atoms with van der Waals surface area (Å²) in [4.78, 5) is 27.7. The van der Waals surface area contributed by atoms with Gasteiger partial charge in [-0.05, 0) is 54.8 Å². The van der Waals surface area contributed by atoms with Crippen LogP contribution in [0.5, 0.6) is 5.75 Å². The molecule has 0 radical (unpaired) electrons. The van der Waals surface area contributed by atoms with Crippen LogP contribution in [0.15, 0.2) is 53.0 Å². The molecule has 2 rings (SSSR count). The van der Waals surface area contributed by atoms with Crippen LogP contribution in [0.2, 0.25) is 0 Å². The van der Waals surface area contributed by atoms with Gasteiger partial charge in [0.2, 0.25) is 21.8 Å². The van der Waals surface area contributed by atoms with E-state index in [9.17, 15) is 18.0 Å². The average Bonchev–Trinajstić information content (AvgIpc) is 2.79. The molecule has 0 bridgehead atoms. The molecule has 0 aliphatic rings. The van der Waals surface area contributed by atoms with Gasteiger partial charge in [0, 0.05) is 17.6 Å². The molecule has 186 valence electrons. The van der Waals surface area contributed by atoms with Gasteiger partial charge in [-0.25, -0.2) is 8.42 Å². The molecule has 0 aliphatic heterocycles. The Morgan fingerprint density at radius 1 is 1.03 bits per heavy atom. The van der Waals surface area contributed by atoms with Crippen LogP contribution in [-0.2, 0) is 26.2 Å². The number of hydrogen-bond acceptors (Lipinski definition) is 5. The quantitative estimate of drug-likeness (QED) is 0.460. The number of carbonyl (C=O) groups is 2. The summed E-state index contributed by atoms with van der Waals surface area (Å²) in [5.74, 6) is 0.0317. The van der Waals surface area contributed by atoms with Crippen molar-refractivity contribution < 1.29 is 22.7 Å². The maximum absolute atomic E-state index is 13.5. The average molecular weight is 555 g/mol. The molecule has 1 N–H and O–H groups in total. The van der Waals surface area contributed by atoms with Crippen molar-refractivity contribution in [2.75, 3.05) is 30.8 Å². The minimum Gasteiger partial charge on any atom is -0.497 e. The van der Waals surface area contributed by atoms with E-state index in [1.165, 1.54) is 12.0 Å². The second kappa shape index (κ2) is 12.2. The third-order valence-electron chi connectivity index (χ3n) is 5.16. The van der Waals surface area contributed by atoms with Gasteiger partial charge in [-0.3, -0.25) is 13.9 Å². The van der Waals surface area contributed by atoms with Gasteiger partial charge in [0.25, 0.3) is 0 Å². The third-order valence-corrected chi connectivity index (χ3v) is 6.83. The van der Waals surface area contributed by atoms with E-state index in [2.05, 4.69) is 21.2 Å². The van der Waals surface area contributed by atoms with Crippen LogP contribution in [0.4, 0.5) is 5.69 Å². The molecule has 1 atom stereocenters. The zero-order valence-corrected chi connectivity index (χ0v) is 22.5. The molecule has 0 unspecified atom stereocenters. The lowest BCUT2D eigenvalue weighted by molar-refractivity contribution is -0.139. The summed E-state index contributed by atoms with van der Waals surface area (Å²) in [6, 6.07) is 13.0. The summed E-state index contributed by atoms with van der Waals surface area (Å²) < 4.78 is 32.2. The molecular formula is C24H32BrN3O5S. The Kier molecular flexibility index (Phi) is 9.93. The van der Waals surface area contributed by atoms with Crippen molar-refractivity contribution in [3.05, 3.63) is 58.6 Å². The first kappa shape index (κ1) is 27.7. The van der Waals surface area contributed by atoms with Crippen molar-refractivity contribution in [2.24, 2.45) is 5.92 Å². The summed E-state index contributed by atoms with van der Waals surface area (Å²) in [6.07, 6.45) is 1.04. The fourth-order valence-corrected chi connectivity index (χ4v) is 4.30. The van der Waals surface area contributed by atoms with Crippen molar-refractivity contribution in [1.29, 1.82) is 0 Å². The molecule has 0 saturated carbocycles. The van der Waals surface area contributed by atoms with E-state index in [1.807, 2.05) is 38.1 Å². The number of nitrogens with zero attached hydrogens (tertiary/aromatic N) is 2. The predicted octanol–water partition coefficient (Wildman–Crippen LogP) is 3.41. The molecule has 2 amide bonds. The molecule has 2 aromatic rings. The predicted molar refractivity (Wildman–Crippen MR) is 137 cm³/mol. The topological polar surface area (TPSA) is 96.0 Å². The van der Waals surface area contributed by atoms with Crippen molar-refractivity contribution in [3.8, 4) is 5.75 Å². The molecule has 0 aromatic heterocycles. The lowest BCUT2D eigenvalue weighted by atomic mass is 10.1. The lowest BCUT2D eigenvalue weighted by Gasteiger charge is -2.31. The fraction of sp³-hybridized carbons (Fsp3) is 0.417. The van der Waals surface area contributed by atoms with Crippen LogP contribution < -0.4 is 14.4 Å². The Labute approximate surface area is 210 Å². The first-order valence-electron chi connectivity index (χ1n) is 10.9. The Bertz CT molecular complexity index is 1070. The Morgan fingerprint density at radius 3 is 2.12 bits per heavy atom. The summed E-state index contributed by atoms with van der Waals surface area (Å²) in [6.45, 7) is 5.80. The van der Waals surface area contributed by atoms with E-state index < -0.39 is 28.5 Å². The highest BCUT2D eigenvalue weighted by molar-refractivity contribution is 9.10. The van der Waals surface area contributed by atoms with Crippen molar-refractivity contribution in [1.82, 2.24) is 10.2 Å². The standard InChI is InChI=1S/C24H32BrN3O5S/c1-17(2)14-26-24(30)18(3)27(15-19-6-8-20(25)9-7-19)23(29)16-28(34(5,31)32)21-10-12-22(33-4)13-11-21/h6-13,17-18H,14-16H2,1-5H3,(H,26,30)/t18-/m1/s1. The minimum atomic E-state index is -3.77. The number of sulfonamides is 1. The van der Waals surface area contributed by atoms with Crippen molar-refractivity contribution in [2.45, 2.75) is 33.4 Å². The number of anilines is 1. The van der Waals surface area contributed by atoms with Gasteiger partial charge >= 0.3 is 0 Å². The van der Waals surface area contributed by atoms with Gasteiger partial charge in [0.05, 0.1) is 19.1 Å². The van der Waals surface area contributed by atoms with E-state index in [0.29, 0.717) is 18.0 Å². The van der Waals surface area contributed by atoms with Crippen LogP contribution in [0.3, 0.4) is 0 Å². The Balaban J connectivity index is 2.34. The Hall–Kier alpha value is -2.59. The zero-order valence-electron chi connectivity index (χ0n) is 20.1. The molecule has 0 spiro atoms. The first-order chi connectivity index (χ1) is 15.9. The Morgan fingerprint density at radius 2 is 1.62 bits per heavy atom. The van der Waals surface area contributed by atoms with Crippen LogP contribution in [0, 0.1) is 5.92 Å². The largest absolute Gasteiger partial charge is 0.497 e. The number of rotatable bonds is 11. The van der Waals surface area contributed by atoms with Gasteiger partial charge in [-0.1, -0.05) is 41.9 Å². The number of ether oxygens (including phenoxy) is 1. The normalized spacial score (nSPS) is 12.2. The summed E-state index contributed by atoms with van der Waals surface area (Å²) >= 11 is 3.39. The van der Waals surface area contributed by atoms with Gasteiger partial charge in [0.15, 0.2) is 0 Å². The minimum absolute atomic E-state index is 0.155. The highest BCUT2D eigenvalue weighted by Crippen LogP contribution is 2.22. The maximum atomic E-state index is 13.5. The zero-order chi connectivity index (χ0) is 25.5. The molecule has 0 saturated heterocycles. The number of methoxy groups -OCH3 is 1. The SMILES string of the molecule is COc1ccc(N(CC(=O)N(Cc2ccc(Br)cc2)[C@H](C)C(=O)NCC(C)C)S(C)(=O)=O)cc1. The molecule has 8 nitrogen and oxygen atoms in total. The number of halogens is 1. The molecular weight excluding hydrogens is 522 g/mol. The fourth-order valence-electron chi connectivity index (χ4n) is 3.18. The van der Waals surface area contributed by atoms with E-state index in [4.69, 9.17) is 4.74 Å². The second-order valence-corrected chi connectivity index (χ2v) is 11.3. The number of carbonyl (C=O) groups excluding carboxylic acids is 2. The highest BCUT2D eigenvalue weighted by atomic mass is 79.9. The molecule has 34 heavy (non-hydrogen) atoms. The smallest absolute Gasteiger partial charge is 0.244 e. The summed E-state index contributed by atoms with van der Waals surface area (Å²) in [5.41, 5.74) is 1.15. The first-order valence-corrected chi connectivity index (χ1v) is 13.5. The van der Waals surface area contributed by atoms with Crippen LogP contribution in [-0.4, -0.2) is 57.6 Å². The summed E-state index contributed by atoms with van der Waals surface area (Å²) in [7, 11) is -2.26. The van der Waals surface area contributed by atoms with Crippen LogP contribution in [0.1, 0.15) is 26.3 Å². The summed E-state index contributed by atoms with van der Waals surface area (Å²) in [5, 5.41) is 2.85. The highest BCUT2D eigenvalue weighted by Gasteiger charge is 2.30. The molecule has 10 heteroatoms.